The van der Waals surface area contributed by atoms with E-state index in [0.29, 0.717) is 6.54 Å². The van der Waals surface area contributed by atoms with Crippen molar-refractivity contribution in [3.63, 3.8) is 0 Å². The number of carbonyl (C=O) groups is 1. The summed E-state index contributed by atoms with van der Waals surface area (Å²) in [6.45, 7) is 4.63. The summed E-state index contributed by atoms with van der Waals surface area (Å²) in [5, 5.41) is 3.89. The molecule has 2 aromatic rings. The number of benzene rings is 2. The summed E-state index contributed by atoms with van der Waals surface area (Å²) in [4.78, 5) is 15.1. The predicted octanol–water partition coefficient (Wildman–Crippen LogP) is 4.61. The minimum absolute atomic E-state index is 0.0211. The highest BCUT2D eigenvalue weighted by Crippen LogP contribution is 2.29. The fourth-order valence-corrected chi connectivity index (χ4v) is 3.79. The Morgan fingerprint density at radius 3 is 2.48 bits per heavy atom. The third kappa shape index (κ3) is 4.42. The summed E-state index contributed by atoms with van der Waals surface area (Å²) >= 11 is 6.46. The van der Waals surface area contributed by atoms with Crippen molar-refractivity contribution in [3.8, 4) is 0 Å². The maximum atomic E-state index is 12.6. The largest absolute Gasteiger partial charge is 0.350 e. The molecule has 1 atom stereocenters. The fourth-order valence-electron chi connectivity index (χ4n) is 3.52. The number of amides is 1. The molecular formula is C21H25ClN2O. The van der Waals surface area contributed by atoms with Crippen LogP contribution in [0, 0.1) is 6.92 Å². The van der Waals surface area contributed by atoms with Crippen molar-refractivity contribution in [1.29, 1.82) is 0 Å². The van der Waals surface area contributed by atoms with Crippen molar-refractivity contribution in [2.75, 3.05) is 19.6 Å². The summed E-state index contributed by atoms with van der Waals surface area (Å²) in [5.74, 6) is -0.0211. The molecule has 1 N–H and O–H groups in total. The third-order valence-electron chi connectivity index (χ3n) is 4.94. The monoisotopic (exact) mass is 356 g/mol. The van der Waals surface area contributed by atoms with Crippen LogP contribution in [0.4, 0.5) is 0 Å². The van der Waals surface area contributed by atoms with Gasteiger partial charge in [0.15, 0.2) is 0 Å². The number of aryl methyl sites for hydroxylation is 1. The van der Waals surface area contributed by atoms with Gasteiger partial charge in [0.1, 0.15) is 0 Å². The van der Waals surface area contributed by atoms with Crippen molar-refractivity contribution < 1.29 is 4.79 Å². The molecule has 0 unspecified atom stereocenters. The molecule has 2 aromatic carbocycles. The van der Waals surface area contributed by atoms with E-state index < -0.39 is 0 Å². The Bertz CT molecular complexity index is 725. The van der Waals surface area contributed by atoms with Gasteiger partial charge in [0, 0.05) is 17.1 Å². The Morgan fingerprint density at radius 2 is 1.76 bits per heavy atom. The van der Waals surface area contributed by atoms with Gasteiger partial charge in [-0.1, -0.05) is 54.4 Å². The van der Waals surface area contributed by atoms with Crippen molar-refractivity contribution in [2.24, 2.45) is 0 Å². The zero-order chi connectivity index (χ0) is 17.6. The molecule has 0 saturated carbocycles. The number of rotatable bonds is 5. The molecule has 132 valence electrons. The van der Waals surface area contributed by atoms with Gasteiger partial charge < -0.3 is 5.32 Å². The Balaban J connectivity index is 1.77. The van der Waals surface area contributed by atoms with E-state index in [-0.39, 0.29) is 11.9 Å². The molecule has 1 aliphatic rings. The predicted molar refractivity (Wildman–Crippen MR) is 103 cm³/mol. The van der Waals surface area contributed by atoms with Crippen LogP contribution in [0.1, 0.15) is 46.8 Å². The SMILES string of the molecule is Cc1ccccc1C(=O)NC[C@@H](c1ccccc1Cl)N1CCCCC1. The Kier molecular flexibility index (Phi) is 6.11. The van der Waals surface area contributed by atoms with Gasteiger partial charge >= 0.3 is 0 Å². The molecule has 0 aromatic heterocycles. The van der Waals surface area contributed by atoms with E-state index in [1.165, 1.54) is 19.3 Å². The van der Waals surface area contributed by atoms with Gasteiger partial charge in [-0.05, 0) is 56.1 Å². The number of hydrogen-bond acceptors (Lipinski definition) is 2. The first-order valence-electron chi connectivity index (χ1n) is 8.99. The second kappa shape index (κ2) is 8.50. The first-order chi connectivity index (χ1) is 12.2. The van der Waals surface area contributed by atoms with Crippen molar-refractivity contribution in [3.05, 3.63) is 70.2 Å². The lowest BCUT2D eigenvalue weighted by Gasteiger charge is -2.35. The van der Waals surface area contributed by atoms with E-state index in [1.54, 1.807) is 0 Å². The summed E-state index contributed by atoms with van der Waals surface area (Å²) < 4.78 is 0. The van der Waals surface area contributed by atoms with Crippen LogP contribution < -0.4 is 5.32 Å². The zero-order valence-corrected chi connectivity index (χ0v) is 15.4. The summed E-state index contributed by atoms with van der Waals surface area (Å²) in [7, 11) is 0. The minimum atomic E-state index is -0.0211. The molecule has 1 saturated heterocycles. The molecule has 25 heavy (non-hydrogen) atoms. The van der Waals surface area contributed by atoms with Crippen LogP contribution in [0.2, 0.25) is 5.02 Å². The molecule has 4 heteroatoms. The fraction of sp³-hybridized carbons (Fsp3) is 0.381. The lowest BCUT2D eigenvalue weighted by Crippen LogP contribution is -2.40. The van der Waals surface area contributed by atoms with Gasteiger partial charge in [0.05, 0.1) is 6.04 Å². The van der Waals surface area contributed by atoms with Crippen LogP contribution in [0.15, 0.2) is 48.5 Å². The molecule has 1 heterocycles. The number of nitrogens with zero attached hydrogens (tertiary/aromatic N) is 1. The van der Waals surface area contributed by atoms with Crippen LogP contribution in [-0.2, 0) is 0 Å². The second-order valence-electron chi connectivity index (χ2n) is 6.66. The van der Waals surface area contributed by atoms with Gasteiger partial charge in [-0.25, -0.2) is 0 Å². The Morgan fingerprint density at radius 1 is 1.08 bits per heavy atom. The van der Waals surface area contributed by atoms with Crippen LogP contribution in [0.3, 0.4) is 0 Å². The van der Waals surface area contributed by atoms with E-state index >= 15 is 0 Å². The van der Waals surface area contributed by atoms with Crippen LogP contribution in [0.25, 0.3) is 0 Å². The summed E-state index contributed by atoms with van der Waals surface area (Å²) in [6.07, 6.45) is 3.68. The van der Waals surface area contributed by atoms with Crippen LogP contribution in [-0.4, -0.2) is 30.4 Å². The lowest BCUT2D eigenvalue weighted by atomic mass is 10.0. The highest BCUT2D eigenvalue weighted by molar-refractivity contribution is 6.31. The number of halogens is 1. The first-order valence-corrected chi connectivity index (χ1v) is 9.37. The van der Waals surface area contributed by atoms with E-state index in [4.69, 9.17) is 11.6 Å². The third-order valence-corrected chi connectivity index (χ3v) is 5.29. The van der Waals surface area contributed by atoms with Crippen LogP contribution in [0.5, 0.6) is 0 Å². The number of likely N-dealkylation sites (tertiary alicyclic amines) is 1. The minimum Gasteiger partial charge on any atom is -0.350 e. The molecule has 0 spiro atoms. The molecule has 0 bridgehead atoms. The molecule has 0 radical (unpaired) electrons. The number of piperidine rings is 1. The van der Waals surface area contributed by atoms with Crippen molar-refractivity contribution in [1.82, 2.24) is 10.2 Å². The molecule has 1 amide bonds. The maximum absolute atomic E-state index is 12.6. The van der Waals surface area contributed by atoms with Crippen molar-refractivity contribution in [2.45, 2.75) is 32.2 Å². The standard InChI is InChI=1S/C21H25ClN2O/c1-16-9-3-4-10-17(16)21(25)23-15-20(24-13-7-2-8-14-24)18-11-5-6-12-19(18)22/h3-6,9-12,20H,2,7-8,13-15H2,1H3,(H,23,25)/t20-/m0/s1. The smallest absolute Gasteiger partial charge is 0.251 e. The Labute approximate surface area is 155 Å². The van der Waals surface area contributed by atoms with E-state index in [2.05, 4.69) is 16.3 Å². The summed E-state index contributed by atoms with van der Waals surface area (Å²) in [6, 6.07) is 15.8. The molecule has 3 rings (SSSR count). The first kappa shape index (κ1) is 18.0. The normalized spacial score (nSPS) is 16.4. The van der Waals surface area contributed by atoms with E-state index in [1.807, 2.05) is 49.4 Å². The molecule has 3 nitrogen and oxygen atoms in total. The zero-order valence-electron chi connectivity index (χ0n) is 14.7. The van der Waals surface area contributed by atoms with Gasteiger partial charge in [-0.2, -0.15) is 0 Å². The molecule has 0 aliphatic carbocycles. The molecular weight excluding hydrogens is 332 g/mol. The quantitative estimate of drug-likeness (QED) is 0.848. The Hall–Kier alpha value is -1.84. The summed E-state index contributed by atoms with van der Waals surface area (Å²) in [5.41, 5.74) is 2.82. The highest BCUT2D eigenvalue weighted by atomic mass is 35.5. The highest BCUT2D eigenvalue weighted by Gasteiger charge is 2.24. The lowest BCUT2D eigenvalue weighted by molar-refractivity contribution is 0.0924. The van der Waals surface area contributed by atoms with E-state index in [9.17, 15) is 4.79 Å². The van der Waals surface area contributed by atoms with Gasteiger partial charge in [-0.15, -0.1) is 0 Å². The number of nitrogens with one attached hydrogen (secondary N) is 1. The second-order valence-corrected chi connectivity index (χ2v) is 7.07. The van der Waals surface area contributed by atoms with Crippen LogP contribution >= 0.6 is 11.6 Å². The maximum Gasteiger partial charge on any atom is 0.251 e. The topological polar surface area (TPSA) is 32.3 Å². The van der Waals surface area contributed by atoms with Gasteiger partial charge in [-0.3, -0.25) is 9.69 Å². The van der Waals surface area contributed by atoms with Gasteiger partial charge in [0.25, 0.3) is 5.91 Å². The molecule has 1 aliphatic heterocycles. The van der Waals surface area contributed by atoms with E-state index in [0.717, 1.165) is 34.8 Å². The number of hydrogen-bond donors (Lipinski definition) is 1. The molecule has 1 fully saturated rings. The average molecular weight is 357 g/mol. The van der Waals surface area contributed by atoms with Crippen molar-refractivity contribution >= 4 is 17.5 Å². The van der Waals surface area contributed by atoms with Gasteiger partial charge in [0.2, 0.25) is 0 Å². The average Bonchev–Trinajstić information content (AvgIpc) is 2.64. The number of carbonyl (C=O) groups excluding carboxylic acids is 1.